The van der Waals surface area contributed by atoms with Crippen LogP contribution in [0.15, 0.2) is 24.3 Å². The summed E-state index contributed by atoms with van der Waals surface area (Å²) < 4.78 is 0. The number of benzene rings is 1. The van der Waals surface area contributed by atoms with Crippen LogP contribution in [0.5, 0.6) is 0 Å². The molecule has 0 aliphatic carbocycles. The Morgan fingerprint density at radius 1 is 1.24 bits per heavy atom. The summed E-state index contributed by atoms with van der Waals surface area (Å²) in [5.74, 6) is 0. The molecule has 1 aromatic carbocycles. The fourth-order valence-corrected chi connectivity index (χ4v) is 2.67. The highest BCUT2D eigenvalue weighted by Crippen LogP contribution is 2.32. The third-order valence-corrected chi connectivity index (χ3v) is 3.66. The lowest BCUT2D eigenvalue weighted by Gasteiger charge is -2.31. The van der Waals surface area contributed by atoms with E-state index in [1.165, 1.54) is 43.4 Å². The van der Waals surface area contributed by atoms with Gasteiger partial charge in [-0.25, -0.2) is 0 Å². The number of unbranched alkanes of at least 4 members (excludes halogenated alkanes) is 3. The smallest absolute Gasteiger partial charge is 0.0390 e. The molecule has 0 aromatic heterocycles. The molecule has 94 valence electrons. The van der Waals surface area contributed by atoms with Gasteiger partial charge in [0.05, 0.1) is 0 Å². The van der Waals surface area contributed by atoms with Crippen LogP contribution in [-0.2, 0) is 0 Å². The van der Waals surface area contributed by atoms with Gasteiger partial charge < -0.3 is 11.1 Å². The van der Waals surface area contributed by atoms with Crippen LogP contribution in [0.25, 0.3) is 0 Å². The fourth-order valence-electron chi connectivity index (χ4n) is 2.67. The van der Waals surface area contributed by atoms with Crippen molar-refractivity contribution in [2.75, 3.05) is 5.32 Å². The Morgan fingerprint density at radius 2 is 2.06 bits per heavy atom. The highest BCUT2D eigenvalue weighted by Gasteiger charge is 2.22. The van der Waals surface area contributed by atoms with Gasteiger partial charge in [0.1, 0.15) is 0 Å². The first kappa shape index (κ1) is 12.4. The van der Waals surface area contributed by atoms with Crippen LogP contribution in [0.2, 0.25) is 0 Å². The highest BCUT2D eigenvalue weighted by atomic mass is 15.0. The minimum atomic E-state index is 0.212. The summed E-state index contributed by atoms with van der Waals surface area (Å²) in [5.41, 5.74) is 8.74. The Balaban J connectivity index is 1.88. The van der Waals surface area contributed by atoms with E-state index < -0.39 is 0 Å². The molecular formula is C15H24N2. The predicted molar refractivity (Wildman–Crippen MR) is 74.2 cm³/mol. The third kappa shape index (κ3) is 3.22. The first-order valence-corrected chi connectivity index (χ1v) is 6.92. The van der Waals surface area contributed by atoms with Gasteiger partial charge in [0.25, 0.3) is 0 Å². The summed E-state index contributed by atoms with van der Waals surface area (Å²) in [6.07, 6.45) is 7.66. The van der Waals surface area contributed by atoms with Crippen LogP contribution in [-0.4, -0.2) is 6.04 Å². The number of hydrogen-bond acceptors (Lipinski definition) is 2. The van der Waals surface area contributed by atoms with Gasteiger partial charge >= 0.3 is 0 Å². The van der Waals surface area contributed by atoms with Gasteiger partial charge in [-0.1, -0.05) is 50.8 Å². The molecule has 0 spiro atoms. The van der Waals surface area contributed by atoms with Crippen molar-refractivity contribution in [3.63, 3.8) is 0 Å². The Morgan fingerprint density at radius 3 is 2.88 bits per heavy atom. The molecule has 0 radical (unpaired) electrons. The van der Waals surface area contributed by atoms with E-state index in [2.05, 4.69) is 36.5 Å². The molecule has 1 aromatic rings. The number of hydrogen-bond donors (Lipinski definition) is 2. The predicted octanol–water partition coefficient (Wildman–Crippen LogP) is 3.84. The Kier molecular flexibility index (Phi) is 4.43. The Hall–Kier alpha value is -1.02. The second-order valence-corrected chi connectivity index (χ2v) is 5.12. The van der Waals surface area contributed by atoms with Crippen molar-refractivity contribution in [3.8, 4) is 0 Å². The molecule has 1 aliphatic rings. The Labute approximate surface area is 105 Å². The van der Waals surface area contributed by atoms with Gasteiger partial charge in [0.2, 0.25) is 0 Å². The monoisotopic (exact) mass is 232 g/mol. The van der Waals surface area contributed by atoms with Crippen molar-refractivity contribution in [2.24, 2.45) is 5.73 Å². The summed E-state index contributed by atoms with van der Waals surface area (Å²) in [6, 6.07) is 9.22. The Bertz CT molecular complexity index is 349. The van der Waals surface area contributed by atoms with E-state index in [1.807, 2.05) is 0 Å². The molecule has 0 saturated carbocycles. The van der Waals surface area contributed by atoms with Gasteiger partial charge in [-0.15, -0.1) is 0 Å². The molecule has 0 saturated heterocycles. The summed E-state index contributed by atoms with van der Waals surface area (Å²) in [6.45, 7) is 2.25. The van der Waals surface area contributed by atoms with E-state index in [9.17, 15) is 0 Å². The summed E-state index contributed by atoms with van der Waals surface area (Å²) in [7, 11) is 0. The molecule has 3 N–H and O–H groups in total. The number of anilines is 1. The molecular weight excluding hydrogens is 208 g/mol. The van der Waals surface area contributed by atoms with Crippen LogP contribution in [0.3, 0.4) is 0 Å². The molecule has 2 heteroatoms. The van der Waals surface area contributed by atoms with Crippen LogP contribution in [0.4, 0.5) is 5.69 Å². The van der Waals surface area contributed by atoms with Crippen LogP contribution in [0.1, 0.15) is 57.1 Å². The van der Waals surface area contributed by atoms with Crippen LogP contribution in [0, 0.1) is 0 Å². The van der Waals surface area contributed by atoms with Crippen molar-refractivity contribution < 1.29 is 0 Å². The third-order valence-electron chi connectivity index (χ3n) is 3.66. The van der Waals surface area contributed by atoms with E-state index in [1.54, 1.807) is 0 Å². The molecule has 0 fully saturated rings. The number of nitrogens with one attached hydrogen (secondary N) is 1. The zero-order chi connectivity index (χ0) is 12.1. The van der Waals surface area contributed by atoms with Crippen molar-refractivity contribution in [3.05, 3.63) is 29.8 Å². The number of fused-ring (bicyclic) bond motifs is 1. The second-order valence-electron chi connectivity index (χ2n) is 5.12. The maximum Gasteiger partial charge on any atom is 0.0390 e. The molecule has 1 aliphatic heterocycles. The fraction of sp³-hybridized carbons (Fsp3) is 0.600. The molecule has 1 heterocycles. The quantitative estimate of drug-likeness (QED) is 0.757. The molecule has 17 heavy (non-hydrogen) atoms. The SMILES string of the molecule is CCCCCCC1CC(N)c2ccccc2N1. The first-order chi connectivity index (χ1) is 8.31. The van der Waals surface area contributed by atoms with E-state index in [-0.39, 0.29) is 6.04 Å². The zero-order valence-electron chi connectivity index (χ0n) is 10.8. The van der Waals surface area contributed by atoms with E-state index in [0.29, 0.717) is 6.04 Å². The highest BCUT2D eigenvalue weighted by molar-refractivity contribution is 5.55. The summed E-state index contributed by atoms with van der Waals surface area (Å²) >= 11 is 0. The lowest BCUT2D eigenvalue weighted by molar-refractivity contribution is 0.490. The van der Waals surface area contributed by atoms with E-state index >= 15 is 0 Å². The van der Waals surface area contributed by atoms with Gasteiger partial charge in [0, 0.05) is 17.8 Å². The van der Waals surface area contributed by atoms with E-state index in [0.717, 1.165) is 6.42 Å². The lowest BCUT2D eigenvalue weighted by Crippen LogP contribution is -2.31. The maximum atomic E-state index is 6.23. The molecule has 2 unspecified atom stereocenters. The standard InChI is InChI=1S/C15H24N2/c1-2-3-4-5-8-12-11-14(16)13-9-6-7-10-15(13)17-12/h6-7,9-10,12,14,17H,2-5,8,11,16H2,1H3. The number of rotatable bonds is 5. The molecule has 2 atom stereocenters. The van der Waals surface area contributed by atoms with Crippen molar-refractivity contribution >= 4 is 5.69 Å². The minimum Gasteiger partial charge on any atom is -0.382 e. The molecule has 2 nitrogen and oxygen atoms in total. The van der Waals surface area contributed by atoms with Crippen LogP contribution >= 0.6 is 0 Å². The van der Waals surface area contributed by atoms with Crippen molar-refractivity contribution in [2.45, 2.75) is 57.5 Å². The average Bonchev–Trinajstić information content (AvgIpc) is 2.35. The lowest BCUT2D eigenvalue weighted by atomic mass is 9.91. The maximum absolute atomic E-state index is 6.23. The van der Waals surface area contributed by atoms with Gasteiger partial charge in [0.15, 0.2) is 0 Å². The topological polar surface area (TPSA) is 38.0 Å². The van der Waals surface area contributed by atoms with Gasteiger partial charge in [-0.05, 0) is 24.5 Å². The molecule has 0 amide bonds. The van der Waals surface area contributed by atoms with E-state index in [4.69, 9.17) is 5.73 Å². The first-order valence-electron chi connectivity index (χ1n) is 6.92. The van der Waals surface area contributed by atoms with Crippen molar-refractivity contribution in [1.82, 2.24) is 0 Å². The molecule has 2 rings (SSSR count). The zero-order valence-corrected chi connectivity index (χ0v) is 10.8. The molecule has 0 bridgehead atoms. The number of nitrogens with two attached hydrogens (primary N) is 1. The minimum absolute atomic E-state index is 0.212. The normalized spacial score (nSPS) is 22.9. The summed E-state index contributed by atoms with van der Waals surface area (Å²) in [4.78, 5) is 0. The average molecular weight is 232 g/mol. The second kappa shape index (κ2) is 6.06. The van der Waals surface area contributed by atoms with Gasteiger partial charge in [-0.2, -0.15) is 0 Å². The van der Waals surface area contributed by atoms with Crippen molar-refractivity contribution in [1.29, 1.82) is 0 Å². The number of para-hydroxylation sites is 1. The van der Waals surface area contributed by atoms with Gasteiger partial charge in [-0.3, -0.25) is 0 Å². The largest absolute Gasteiger partial charge is 0.382 e. The van der Waals surface area contributed by atoms with Crippen LogP contribution < -0.4 is 11.1 Å². The summed E-state index contributed by atoms with van der Waals surface area (Å²) in [5, 5.41) is 3.62.